The number of aromatic nitrogens is 2. The van der Waals surface area contributed by atoms with Crippen LogP contribution in [0.25, 0.3) is 0 Å². The third-order valence-corrected chi connectivity index (χ3v) is 5.66. The lowest BCUT2D eigenvalue weighted by molar-refractivity contribution is 0.0685. The van der Waals surface area contributed by atoms with Gasteiger partial charge in [-0.2, -0.15) is 9.40 Å². The summed E-state index contributed by atoms with van der Waals surface area (Å²) in [6.07, 6.45) is 0.599. The van der Waals surface area contributed by atoms with Gasteiger partial charge in [0.25, 0.3) is 0 Å². The molecule has 1 heterocycles. The fourth-order valence-corrected chi connectivity index (χ4v) is 3.43. The predicted octanol–water partition coefficient (Wildman–Crippen LogP) is 1.23. The summed E-state index contributed by atoms with van der Waals surface area (Å²) >= 11 is 0. The van der Waals surface area contributed by atoms with Gasteiger partial charge in [-0.25, -0.2) is 13.2 Å². The van der Waals surface area contributed by atoms with Gasteiger partial charge < -0.3 is 5.11 Å². The van der Waals surface area contributed by atoms with Gasteiger partial charge in [0.05, 0.1) is 5.69 Å². The molecular formula is C11H19N3O4S. The third-order valence-electron chi connectivity index (χ3n) is 3.43. The number of rotatable bonds is 5. The lowest BCUT2D eigenvalue weighted by Crippen LogP contribution is -2.44. The first kappa shape index (κ1) is 15.6. The van der Waals surface area contributed by atoms with Crippen LogP contribution in [0.1, 0.15) is 43.4 Å². The van der Waals surface area contributed by atoms with Gasteiger partial charge >= 0.3 is 5.97 Å². The second kappa shape index (κ2) is 4.93. The number of nitrogens with zero attached hydrogens (tertiary/aromatic N) is 2. The first-order valence-electron chi connectivity index (χ1n) is 5.83. The summed E-state index contributed by atoms with van der Waals surface area (Å²) in [5, 5.41) is 15.0. The number of aryl methyl sites for hydroxylation is 1. The highest BCUT2D eigenvalue weighted by Gasteiger charge is 2.37. The van der Waals surface area contributed by atoms with Gasteiger partial charge in [0, 0.05) is 12.6 Å². The van der Waals surface area contributed by atoms with E-state index in [9.17, 15) is 13.2 Å². The van der Waals surface area contributed by atoms with Crippen LogP contribution in [-0.4, -0.2) is 46.6 Å². The Morgan fingerprint density at radius 2 is 2.00 bits per heavy atom. The predicted molar refractivity (Wildman–Crippen MR) is 69.6 cm³/mol. The smallest absolute Gasteiger partial charge is 0.357 e. The van der Waals surface area contributed by atoms with Crippen molar-refractivity contribution in [1.82, 2.24) is 14.5 Å². The first-order valence-corrected chi connectivity index (χ1v) is 7.27. The molecule has 0 radical (unpaired) electrons. The zero-order valence-corrected chi connectivity index (χ0v) is 12.5. The molecule has 0 aliphatic rings. The molecule has 8 heteroatoms. The van der Waals surface area contributed by atoms with Gasteiger partial charge in [0.1, 0.15) is 4.90 Å². The minimum Gasteiger partial charge on any atom is -0.476 e. The van der Waals surface area contributed by atoms with Gasteiger partial charge in [-0.3, -0.25) is 5.10 Å². The number of aromatic carboxylic acids is 1. The second-order valence-corrected chi connectivity index (χ2v) is 6.88. The van der Waals surface area contributed by atoms with Crippen molar-refractivity contribution in [2.24, 2.45) is 0 Å². The zero-order chi connectivity index (χ0) is 15.0. The Balaban J connectivity index is 3.45. The van der Waals surface area contributed by atoms with Crippen molar-refractivity contribution in [3.63, 3.8) is 0 Å². The number of hydrogen-bond acceptors (Lipinski definition) is 4. The van der Waals surface area contributed by atoms with Crippen molar-refractivity contribution in [2.45, 2.75) is 44.6 Å². The SMILES string of the molecule is CCC(C)(C)N(C)S(=O)(=O)c1c(C(=O)O)n[nH]c1C. The molecule has 1 rings (SSSR count). The van der Waals surface area contributed by atoms with E-state index in [1.54, 1.807) is 13.8 Å². The Morgan fingerprint density at radius 3 is 2.42 bits per heavy atom. The van der Waals surface area contributed by atoms with E-state index in [0.717, 1.165) is 0 Å². The third kappa shape index (κ3) is 2.64. The van der Waals surface area contributed by atoms with E-state index in [-0.39, 0.29) is 10.6 Å². The molecule has 0 saturated heterocycles. The standard InChI is InChI=1S/C11H19N3O4S/c1-6-11(3,4)14(5)19(17,18)9-7(2)12-13-8(9)10(15)16/h6H2,1-5H3,(H,12,13)(H,15,16). The molecule has 0 atom stereocenters. The molecule has 1 aromatic rings. The molecule has 2 N–H and O–H groups in total. The molecule has 0 unspecified atom stereocenters. The van der Waals surface area contributed by atoms with E-state index in [1.165, 1.54) is 18.3 Å². The molecule has 0 amide bonds. The molecule has 0 bridgehead atoms. The quantitative estimate of drug-likeness (QED) is 0.848. The molecule has 7 nitrogen and oxygen atoms in total. The second-order valence-electron chi connectivity index (χ2n) is 4.97. The molecule has 0 saturated carbocycles. The summed E-state index contributed by atoms with van der Waals surface area (Å²) in [5.74, 6) is -1.37. The minimum atomic E-state index is -3.91. The van der Waals surface area contributed by atoms with Crippen LogP contribution in [-0.2, 0) is 10.0 Å². The van der Waals surface area contributed by atoms with Gasteiger partial charge in [0.2, 0.25) is 10.0 Å². The van der Waals surface area contributed by atoms with E-state index < -0.39 is 27.2 Å². The van der Waals surface area contributed by atoms with Crippen molar-refractivity contribution < 1.29 is 18.3 Å². The Labute approximate surface area is 112 Å². The van der Waals surface area contributed by atoms with Crippen LogP contribution in [0, 0.1) is 6.92 Å². The number of H-pyrrole nitrogens is 1. The highest BCUT2D eigenvalue weighted by atomic mass is 32.2. The van der Waals surface area contributed by atoms with Crippen LogP contribution in [0.2, 0.25) is 0 Å². The first-order chi connectivity index (χ1) is 8.55. The van der Waals surface area contributed by atoms with E-state index in [0.29, 0.717) is 6.42 Å². The summed E-state index contributed by atoms with van der Waals surface area (Å²) in [6, 6.07) is 0. The summed E-state index contributed by atoms with van der Waals surface area (Å²) in [6.45, 7) is 6.91. The Bertz CT molecular complexity index is 589. The topological polar surface area (TPSA) is 103 Å². The van der Waals surface area contributed by atoms with Gasteiger partial charge in [-0.15, -0.1) is 0 Å². The molecule has 0 spiro atoms. The van der Waals surface area contributed by atoms with Crippen LogP contribution < -0.4 is 0 Å². The molecule has 0 fully saturated rings. The lowest BCUT2D eigenvalue weighted by atomic mass is 10.0. The number of carboxylic acids is 1. The van der Waals surface area contributed by atoms with Crippen molar-refractivity contribution in [1.29, 1.82) is 0 Å². The van der Waals surface area contributed by atoms with Crippen LogP contribution in [0.4, 0.5) is 0 Å². The normalized spacial score (nSPS) is 12.9. The average Bonchev–Trinajstić information content (AvgIpc) is 2.70. The van der Waals surface area contributed by atoms with Crippen molar-refractivity contribution in [2.75, 3.05) is 7.05 Å². The summed E-state index contributed by atoms with van der Waals surface area (Å²) in [4.78, 5) is 10.8. The van der Waals surface area contributed by atoms with Crippen molar-refractivity contribution >= 4 is 16.0 Å². The zero-order valence-electron chi connectivity index (χ0n) is 11.7. The monoisotopic (exact) mass is 289 g/mol. The Hall–Kier alpha value is -1.41. The highest BCUT2D eigenvalue weighted by Crippen LogP contribution is 2.28. The van der Waals surface area contributed by atoms with Crippen LogP contribution >= 0.6 is 0 Å². The van der Waals surface area contributed by atoms with Gasteiger partial charge in [-0.05, 0) is 27.2 Å². The maximum Gasteiger partial charge on any atom is 0.357 e. The van der Waals surface area contributed by atoms with Crippen LogP contribution in [0.15, 0.2) is 4.90 Å². The van der Waals surface area contributed by atoms with E-state index >= 15 is 0 Å². The number of hydrogen-bond donors (Lipinski definition) is 2. The molecule has 0 aliphatic heterocycles. The number of nitrogens with one attached hydrogen (secondary N) is 1. The number of carbonyl (C=O) groups is 1. The molecule has 19 heavy (non-hydrogen) atoms. The minimum absolute atomic E-state index is 0.219. The van der Waals surface area contributed by atoms with E-state index in [1.807, 2.05) is 6.92 Å². The maximum atomic E-state index is 12.5. The lowest BCUT2D eigenvalue weighted by Gasteiger charge is -2.33. The number of carboxylic acid groups (broad SMARTS) is 1. The maximum absolute atomic E-state index is 12.5. The number of sulfonamides is 1. The fourth-order valence-electron chi connectivity index (χ4n) is 1.56. The molecule has 0 aromatic carbocycles. The van der Waals surface area contributed by atoms with Crippen LogP contribution in [0.3, 0.4) is 0 Å². The Kier molecular flexibility index (Phi) is 4.06. The highest BCUT2D eigenvalue weighted by molar-refractivity contribution is 7.89. The van der Waals surface area contributed by atoms with Crippen molar-refractivity contribution in [3.8, 4) is 0 Å². The average molecular weight is 289 g/mol. The molecule has 0 aliphatic carbocycles. The fraction of sp³-hybridized carbons (Fsp3) is 0.636. The molecule has 108 valence electrons. The van der Waals surface area contributed by atoms with Crippen molar-refractivity contribution in [3.05, 3.63) is 11.4 Å². The van der Waals surface area contributed by atoms with Gasteiger partial charge in [-0.1, -0.05) is 6.92 Å². The van der Waals surface area contributed by atoms with Crippen LogP contribution in [0.5, 0.6) is 0 Å². The largest absolute Gasteiger partial charge is 0.476 e. The Morgan fingerprint density at radius 1 is 1.47 bits per heavy atom. The van der Waals surface area contributed by atoms with Gasteiger partial charge in [0.15, 0.2) is 5.69 Å². The molecular weight excluding hydrogens is 270 g/mol. The van der Waals surface area contributed by atoms with E-state index in [4.69, 9.17) is 5.11 Å². The summed E-state index contributed by atoms with van der Waals surface area (Å²) < 4.78 is 26.3. The number of aromatic amines is 1. The summed E-state index contributed by atoms with van der Waals surface area (Å²) in [5.41, 5.74) is -0.870. The van der Waals surface area contributed by atoms with E-state index in [2.05, 4.69) is 10.2 Å². The summed E-state index contributed by atoms with van der Waals surface area (Å²) in [7, 11) is -2.47. The molecule has 1 aromatic heterocycles.